The van der Waals surface area contributed by atoms with Crippen molar-refractivity contribution in [1.82, 2.24) is 14.5 Å². The first-order chi connectivity index (χ1) is 13.6. The van der Waals surface area contributed by atoms with Gasteiger partial charge in [-0.2, -0.15) is 0 Å². The van der Waals surface area contributed by atoms with Gasteiger partial charge in [-0.15, -0.1) is 0 Å². The second-order valence-electron chi connectivity index (χ2n) is 8.23. The molecule has 4 rings (SSSR count). The molecule has 1 amide bonds. The fraction of sp³-hybridized carbons (Fsp3) is 0.545. The molecule has 6 nitrogen and oxygen atoms in total. The predicted molar refractivity (Wildman–Crippen MR) is 107 cm³/mol. The van der Waals surface area contributed by atoms with Crippen LogP contribution in [0.2, 0.25) is 0 Å². The van der Waals surface area contributed by atoms with Crippen molar-refractivity contribution in [1.29, 1.82) is 0 Å². The summed E-state index contributed by atoms with van der Waals surface area (Å²) in [6.45, 7) is 1.34. The highest BCUT2D eigenvalue weighted by Crippen LogP contribution is 2.46. The highest BCUT2D eigenvalue weighted by Gasteiger charge is 2.46. The van der Waals surface area contributed by atoms with Gasteiger partial charge in [0.2, 0.25) is 0 Å². The first-order valence-electron chi connectivity index (χ1n) is 10.1. The molecule has 2 aliphatic rings. The summed E-state index contributed by atoms with van der Waals surface area (Å²) in [5.74, 6) is 1.67. The Labute approximate surface area is 166 Å². The Balaban J connectivity index is 1.51. The van der Waals surface area contributed by atoms with Crippen molar-refractivity contribution in [3.05, 3.63) is 42.5 Å². The molecule has 1 aromatic carbocycles. The van der Waals surface area contributed by atoms with Crippen molar-refractivity contribution in [3.8, 4) is 11.5 Å². The molecule has 1 atom stereocenters. The van der Waals surface area contributed by atoms with Crippen LogP contribution in [-0.4, -0.2) is 46.7 Å². The van der Waals surface area contributed by atoms with Crippen LogP contribution in [0.4, 0.5) is 0 Å². The Morgan fingerprint density at radius 3 is 2.54 bits per heavy atom. The molecule has 1 saturated carbocycles. The second kappa shape index (κ2) is 7.86. The van der Waals surface area contributed by atoms with E-state index < -0.39 is 0 Å². The molecule has 2 heterocycles. The van der Waals surface area contributed by atoms with E-state index >= 15 is 0 Å². The van der Waals surface area contributed by atoms with Gasteiger partial charge >= 0.3 is 0 Å². The number of aryl methyl sites for hydroxylation is 1. The topological polar surface area (TPSA) is 56.6 Å². The van der Waals surface area contributed by atoms with Crippen molar-refractivity contribution in [3.63, 3.8) is 0 Å². The predicted octanol–water partition coefficient (Wildman–Crippen LogP) is 3.67. The molecule has 2 aromatic rings. The number of carbonyl (C=O) groups is 1. The van der Waals surface area contributed by atoms with Crippen molar-refractivity contribution in [2.45, 2.75) is 44.6 Å². The lowest BCUT2D eigenvalue weighted by Gasteiger charge is -2.33. The Hall–Kier alpha value is -2.50. The summed E-state index contributed by atoms with van der Waals surface area (Å²) in [5.41, 5.74) is 0.891. The minimum absolute atomic E-state index is 0.0609. The smallest absolute Gasteiger partial charge is 0.272 e. The van der Waals surface area contributed by atoms with Gasteiger partial charge in [-0.1, -0.05) is 19.3 Å². The van der Waals surface area contributed by atoms with E-state index in [-0.39, 0.29) is 17.4 Å². The molecule has 150 valence electrons. The molecule has 1 aromatic heterocycles. The van der Waals surface area contributed by atoms with E-state index in [1.165, 1.54) is 32.1 Å². The minimum atomic E-state index is 0.0609. The summed E-state index contributed by atoms with van der Waals surface area (Å²) in [4.78, 5) is 19.4. The van der Waals surface area contributed by atoms with Crippen LogP contribution in [0.25, 0.3) is 0 Å². The second-order valence-corrected chi connectivity index (χ2v) is 8.23. The molecule has 0 bridgehead atoms. The molecule has 6 heteroatoms. The number of carbonyl (C=O) groups excluding carboxylic acids is 1. The monoisotopic (exact) mass is 383 g/mol. The van der Waals surface area contributed by atoms with Crippen LogP contribution < -0.4 is 9.47 Å². The van der Waals surface area contributed by atoms with E-state index in [0.29, 0.717) is 12.3 Å². The quantitative estimate of drug-likeness (QED) is 0.790. The van der Waals surface area contributed by atoms with Gasteiger partial charge in [0.1, 0.15) is 23.8 Å². The summed E-state index contributed by atoms with van der Waals surface area (Å²) in [6, 6.07) is 7.70. The van der Waals surface area contributed by atoms with Crippen molar-refractivity contribution in [2.24, 2.45) is 12.5 Å². The van der Waals surface area contributed by atoms with Gasteiger partial charge in [0, 0.05) is 13.6 Å². The molecule has 0 N–H and O–H groups in total. The number of nitrogens with zero attached hydrogens (tertiary/aromatic N) is 3. The number of amides is 1. The maximum absolute atomic E-state index is 13.3. The zero-order valence-electron chi connectivity index (χ0n) is 16.8. The van der Waals surface area contributed by atoms with E-state index in [1.54, 1.807) is 24.2 Å². The molecule has 2 fully saturated rings. The number of hydrogen-bond donors (Lipinski definition) is 0. The fourth-order valence-electron chi connectivity index (χ4n) is 4.79. The minimum Gasteiger partial charge on any atom is -0.497 e. The standard InChI is InChI=1S/C22H29N3O3/c1-24-16-23-13-20(24)21(26)25-15-22(10-4-3-5-11-22)12-17(25)14-28-19-8-6-18(27-2)7-9-19/h6-9,13,16-17H,3-5,10-12,14-15H2,1-2H3. The molecule has 1 unspecified atom stereocenters. The van der Waals surface area contributed by atoms with E-state index in [0.717, 1.165) is 24.5 Å². The van der Waals surface area contributed by atoms with Gasteiger partial charge in [-0.05, 0) is 48.9 Å². The van der Waals surface area contributed by atoms with E-state index in [1.807, 2.05) is 36.2 Å². The number of likely N-dealkylation sites (tertiary alicyclic amines) is 1. The summed E-state index contributed by atoms with van der Waals surface area (Å²) < 4.78 is 13.1. The van der Waals surface area contributed by atoms with Crippen LogP contribution in [0.5, 0.6) is 11.5 Å². The van der Waals surface area contributed by atoms with Crippen LogP contribution in [0.15, 0.2) is 36.8 Å². The van der Waals surface area contributed by atoms with E-state index in [4.69, 9.17) is 9.47 Å². The van der Waals surface area contributed by atoms with Crippen LogP contribution in [0.3, 0.4) is 0 Å². The van der Waals surface area contributed by atoms with Crippen LogP contribution in [0, 0.1) is 5.41 Å². The highest BCUT2D eigenvalue weighted by atomic mass is 16.5. The summed E-state index contributed by atoms with van der Waals surface area (Å²) >= 11 is 0. The first-order valence-corrected chi connectivity index (χ1v) is 10.1. The summed E-state index contributed by atoms with van der Waals surface area (Å²) in [5, 5.41) is 0. The van der Waals surface area contributed by atoms with Gasteiger partial charge in [0.05, 0.1) is 25.7 Å². The maximum atomic E-state index is 13.3. The molecule has 1 aliphatic heterocycles. The Morgan fingerprint density at radius 1 is 1.18 bits per heavy atom. The maximum Gasteiger partial charge on any atom is 0.272 e. The van der Waals surface area contributed by atoms with Crippen LogP contribution in [-0.2, 0) is 7.05 Å². The molecule has 0 radical (unpaired) electrons. The van der Waals surface area contributed by atoms with Gasteiger partial charge in [-0.25, -0.2) is 4.98 Å². The molecule has 1 aliphatic carbocycles. The third kappa shape index (κ3) is 3.73. The first kappa shape index (κ1) is 18.8. The zero-order valence-corrected chi connectivity index (χ0v) is 16.8. The average Bonchev–Trinajstić information content (AvgIpc) is 3.30. The summed E-state index contributed by atoms with van der Waals surface area (Å²) in [6.07, 6.45) is 10.6. The van der Waals surface area contributed by atoms with E-state index in [2.05, 4.69) is 4.98 Å². The molecule has 1 saturated heterocycles. The molecular weight excluding hydrogens is 354 g/mol. The van der Waals surface area contributed by atoms with Crippen LogP contribution >= 0.6 is 0 Å². The van der Waals surface area contributed by atoms with Gasteiger partial charge in [-0.3, -0.25) is 4.79 Å². The SMILES string of the molecule is COc1ccc(OCC2CC3(CCCCC3)CN2C(=O)c2cncn2C)cc1. The van der Waals surface area contributed by atoms with Gasteiger partial charge in [0.25, 0.3) is 5.91 Å². The Morgan fingerprint density at radius 2 is 1.89 bits per heavy atom. The molecule has 28 heavy (non-hydrogen) atoms. The number of imidazole rings is 1. The van der Waals surface area contributed by atoms with Crippen molar-refractivity contribution in [2.75, 3.05) is 20.3 Å². The highest BCUT2D eigenvalue weighted by molar-refractivity contribution is 5.93. The lowest BCUT2D eigenvalue weighted by molar-refractivity contribution is 0.0664. The molecule has 1 spiro atoms. The van der Waals surface area contributed by atoms with E-state index in [9.17, 15) is 4.79 Å². The number of hydrogen-bond acceptors (Lipinski definition) is 4. The number of aromatic nitrogens is 2. The number of rotatable bonds is 5. The van der Waals surface area contributed by atoms with Crippen molar-refractivity contribution < 1.29 is 14.3 Å². The Bertz CT molecular complexity index is 809. The number of ether oxygens (including phenoxy) is 2. The summed E-state index contributed by atoms with van der Waals surface area (Å²) in [7, 11) is 3.52. The zero-order chi connectivity index (χ0) is 19.6. The number of methoxy groups -OCH3 is 1. The Kier molecular flexibility index (Phi) is 5.29. The van der Waals surface area contributed by atoms with Gasteiger partial charge in [0.15, 0.2) is 0 Å². The fourth-order valence-corrected chi connectivity index (χ4v) is 4.79. The van der Waals surface area contributed by atoms with Crippen LogP contribution in [0.1, 0.15) is 49.0 Å². The third-order valence-corrected chi connectivity index (χ3v) is 6.33. The third-order valence-electron chi connectivity index (χ3n) is 6.33. The van der Waals surface area contributed by atoms with Crippen molar-refractivity contribution >= 4 is 5.91 Å². The number of benzene rings is 1. The largest absolute Gasteiger partial charge is 0.497 e. The molecular formula is C22H29N3O3. The average molecular weight is 383 g/mol. The lowest BCUT2D eigenvalue weighted by atomic mass is 9.73. The normalized spacial score (nSPS) is 21.1. The lowest BCUT2D eigenvalue weighted by Crippen LogP contribution is -2.40. The van der Waals surface area contributed by atoms with Gasteiger partial charge < -0.3 is 18.9 Å².